The summed E-state index contributed by atoms with van der Waals surface area (Å²) >= 11 is 1.44. The lowest BCUT2D eigenvalue weighted by Gasteiger charge is -2.21. The molecule has 1 aliphatic heterocycles. The van der Waals surface area contributed by atoms with Crippen molar-refractivity contribution in [1.82, 2.24) is 0 Å². The summed E-state index contributed by atoms with van der Waals surface area (Å²) in [5.74, 6) is -0.308. The molecule has 4 nitrogen and oxygen atoms in total. The third-order valence-corrected chi connectivity index (χ3v) is 7.58. The summed E-state index contributed by atoms with van der Waals surface area (Å²) in [5.41, 5.74) is 4.59. The van der Waals surface area contributed by atoms with Crippen LogP contribution in [-0.4, -0.2) is 20.3 Å². The lowest BCUT2D eigenvalue weighted by molar-refractivity contribution is -0.148. The second-order valence-corrected chi connectivity index (χ2v) is 9.54. The Bertz CT molecular complexity index is 1070. The van der Waals surface area contributed by atoms with Gasteiger partial charge in [-0.3, -0.25) is 0 Å². The normalized spacial score (nSPS) is 16.2. The standard InChI is InChI=1S/C27H31FO4S/c1-5-23(25-15-24(28)26(33-25)27(3)31-12-13-32-27)20-9-6-18(2)21(14-20)17-30-16-19-7-10-22(29-4)11-8-19/h6-11,14-15,23H,5,12-13,16-17H2,1-4H3. The summed E-state index contributed by atoms with van der Waals surface area (Å²) in [4.78, 5) is 1.50. The van der Waals surface area contributed by atoms with Crippen LogP contribution in [0.15, 0.2) is 48.5 Å². The van der Waals surface area contributed by atoms with Gasteiger partial charge in [-0.05, 0) is 60.7 Å². The Labute approximate surface area is 199 Å². The van der Waals surface area contributed by atoms with E-state index in [4.69, 9.17) is 18.9 Å². The van der Waals surface area contributed by atoms with Crippen molar-refractivity contribution in [3.8, 4) is 5.75 Å². The first-order valence-electron chi connectivity index (χ1n) is 11.3. The lowest BCUT2D eigenvalue weighted by Crippen LogP contribution is -2.22. The maximum absolute atomic E-state index is 14.9. The summed E-state index contributed by atoms with van der Waals surface area (Å²) in [6, 6.07) is 16.0. The molecule has 2 aromatic carbocycles. The first kappa shape index (κ1) is 23.9. The fraction of sp³-hybridized carbons (Fsp3) is 0.407. The van der Waals surface area contributed by atoms with Crippen molar-refractivity contribution in [2.75, 3.05) is 20.3 Å². The highest BCUT2D eigenvalue weighted by atomic mass is 32.1. The molecule has 0 radical (unpaired) electrons. The Balaban J connectivity index is 1.49. The number of benzene rings is 2. The molecule has 1 unspecified atom stereocenters. The fourth-order valence-electron chi connectivity index (χ4n) is 4.18. The van der Waals surface area contributed by atoms with Crippen LogP contribution in [0.4, 0.5) is 4.39 Å². The molecular formula is C27H31FO4S. The number of aryl methyl sites for hydroxylation is 1. The highest BCUT2D eigenvalue weighted by Gasteiger charge is 2.38. The zero-order valence-corrected chi connectivity index (χ0v) is 20.5. The molecule has 0 amide bonds. The van der Waals surface area contributed by atoms with Crippen molar-refractivity contribution in [2.24, 2.45) is 0 Å². The average molecular weight is 471 g/mol. The van der Waals surface area contributed by atoms with Crippen LogP contribution in [0.2, 0.25) is 0 Å². The van der Waals surface area contributed by atoms with E-state index in [1.807, 2.05) is 24.3 Å². The number of rotatable bonds is 9. The minimum absolute atomic E-state index is 0.101. The van der Waals surface area contributed by atoms with E-state index in [9.17, 15) is 4.39 Å². The zero-order valence-electron chi connectivity index (χ0n) is 19.7. The summed E-state index contributed by atoms with van der Waals surface area (Å²) < 4.78 is 37.5. The molecule has 6 heteroatoms. The van der Waals surface area contributed by atoms with Crippen LogP contribution in [0.25, 0.3) is 0 Å². The van der Waals surface area contributed by atoms with E-state index in [2.05, 4.69) is 32.0 Å². The van der Waals surface area contributed by atoms with Gasteiger partial charge < -0.3 is 18.9 Å². The highest BCUT2D eigenvalue weighted by molar-refractivity contribution is 7.12. The Morgan fingerprint density at radius 2 is 1.79 bits per heavy atom. The van der Waals surface area contributed by atoms with Crippen LogP contribution in [0.3, 0.4) is 0 Å². The van der Waals surface area contributed by atoms with Crippen molar-refractivity contribution < 1.29 is 23.3 Å². The molecule has 1 atom stereocenters. The first-order valence-corrected chi connectivity index (χ1v) is 12.1. The van der Waals surface area contributed by atoms with Gasteiger partial charge in [0.25, 0.3) is 0 Å². The number of hydrogen-bond acceptors (Lipinski definition) is 5. The predicted octanol–water partition coefficient (Wildman–Crippen LogP) is 6.68. The minimum atomic E-state index is -0.987. The topological polar surface area (TPSA) is 36.9 Å². The molecular weight excluding hydrogens is 439 g/mol. The van der Waals surface area contributed by atoms with Crippen molar-refractivity contribution >= 4 is 11.3 Å². The van der Waals surface area contributed by atoms with Crippen molar-refractivity contribution in [2.45, 2.75) is 52.1 Å². The monoisotopic (exact) mass is 470 g/mol. The quantitative estimate of drug-likeness (QED) is 0.349. The van der Waals surface area contributed by atoms with Crippen molar-refractivity contribution in [3.05, 3.63) is 86.4 Å². The maximum Gasteiger partial charge on any atom is 0.204 e. The van der Waals surface area contributed by atoms with E-state index in [0.717, 1.165) is 33.7 Å². The SMILES string of the molecule is CCC(c1ccc(C)c(COCc2ccc(OC)cc2)c1)c1cc(F)c(C2(C)OCCO2)s1. The first-order chi connectivity index (χ1) is 15.9. The van der Waals surface area contributed by atoms with Crippen LogP contribution < -0.4 is 4.74 Å². The largest absolute Gasteiger partial charge is 0.497 e. The molecule has 2 heterocycles. The number of halogens is 1. The number of ether oxygens (including phenoxy) is 4. The predicted molar refractivity (Wildman–Crippen MR) is 128 cm³/mol. The van der Waals surface area contributed by atoms with Crippen LogP contribution in [0, 0.1) is 12.7 Å². The molecule has 3 aromatic rings. The van der Waals surface area contributed by atoms with Crippen LogP contribution in [0.1, 0.15) is 58.2 Å². The number of thiophene rings is 1. The van der Waals surface area contributed by atoms with Gasteiger partial charge in [0.1, 0.15) is 11.6 Å². The maximum atomic E-state index is 14.9. The van der Waals surface area contributed by atoms with Gasteiger partial charge >= 0.3 is 0 Å². The third kappa shape index (κ3) is 5.30. The van der Waals surface area contributed by atoms with E-state index in [0.29, 0.717) is 31.3 Å². The molecule has 1 saturated heterocycles. The fourth-order valence-corrected chi connectivity index (χ4v) is 5.48. The van der Waals surface area contributed by atoms with Gasteiger partial charge in [0.2, 0.25) is 5.79 Å². The smallest absolute Gasteiger partial charge is 0.204 e. The Kier molecular flexibility index (Phi) is 7.49. The summed E-state index contributed by atoms with van der Waals surface area (Å²) in [6.45, 7) is 8.04. The molecule has 0 saturated carbocycles. The second kappa shape index (κ2) is 10.3. The van der Waals surface area contributed by atoms with Gasteiger partial charge in [-0.15, -0.1) is 11.3 Å². The van der Waals surface area contributed by atoms with E-state index in [-0.39, 0.29) is 11.7 Å². The molecule has 33 heavy (non-hydrogen) atoms. The molecule has 1 aliphatic rings. The van der Waals surface area contributed by atoms with Crippen molar-refractivity contribution in [3.63, 3.8) is 0 Å². The van der Waals surface area contributed by atoms with Gasteiger partial charge in [0, 0.05) is 10.8 Å². The van der Waals surface area contributed by atoms with E-state index >= 15 is 0 Å². The molecule has 0 spiro atoms. The summed E-state index contributed by atoms with van der Waals surface area (Å²) in [7, 11) is 1.66. The van der Waals surface area contributed by atoms with Gasteiger partial charge in [0.15, 0.2) is 0 Å². The number of methoxy groups -OCH3 is 1. The summed E-state index contributed by atoms with van der Waals surface area (Å²) in [6.07, 6.45) is 0.868. The molecule has 0 N–H and O–H groups in total. The van der Waals surface area contributed by atoms with Gasteiger partial charge in [0.05, 0.1) is 38.4 Å². The Morgan fingerprint density at radius 3 is 2.45 bits per heavy atom. The zero-order chi connectivity index (χ0) is 23.4. The van der Waals surface area contributed by atoms with E-state index in [1.165, 1.54) is 16.9 Å². The van der Waals surface area contributed by atoms with Gasteiger partial charge in [-0.1, -0.05) is 37.3 Å². The Morgan fingerprint density at radius 1 is 1.06 bits per heavy atom. The van der Waals surface area contributed by atoms with Gasteiger partial charge in [-0.25, -0.2) is 4.39 Å². The molecule has 0 aliphatic carbocycles. The lowest BCUT2D eigenvalue weighted by atomic mass is 9.92. The molecule has 4 rings (SSSR count). The number of hydrogen-bond donors (Lipinski definition) is 0. The average Bonchev–Trinajstić information content (AvgIpc) is 3.43. The molecule has 1 fully saturated rings. The van der Waals surface area contributed by atoms with Crippen LogP contribution in [-0.2, 0) is 33.2 Å². The van der Waals surface area contributed by atoms with E-state index in [1.54, 1.807) is 20.1 Å². The molecule has 176 valence electrons. The minimum Gasteiger partial charge on any atom is -0.497 e. The van der Waals surface area contributed by atoms with Crippen LogP contribution >= 0.6 is 11.3 Å². The van der Waals surface area contributed by atoms with Gasteiger partial charge in [-0.2, -0.15) is 0 Å². The second-order valence-electron chi connectivity index (χ2n) is 8.46. The summed E-state index contributed by atoms with van der Waals surface area (Å²) in [5, 5.41) is 0. The Hall–Kier alpha value is -2.25. The molecule has 0 bridgehead atoms. The van der Waals surface area contributed by atoms with E-state index < -0.39 is 5.79 Å². The van der Waals surface area contributed by atoms with Crippen LogP contribution in [0.5, 0.6) is 5.75 Å². The third-order valence-electron chi connectivity index (χ3n) is 6.17. The molecule has 1 aromatic heterocycles. The highest BCUT2D eigenvalue weighted by Crippen LogP contribution is 2.42. The van der Waals surface area contributed by atoms with Crippen molar-refractivity contribution in [1.29, 1.82) is 0 Å².